The van der Waals surface area contributed by atoms with Gasteiger partial charge in [-0.15, -0.1) is 0 Å². The molecule has 7 nitrogen and oxygen atoms in total. The van der Waals surface area contributed by atoms with Crippen molar-refractivity contribution in [2.45, 2.75) is 70.5 Å². The molecular weight excluding hydrogens is 478 g/mol. The Morgan fingerprint density at radius 3 is 2.25 bits per heavy atom. The summed E-state index contributed by atoms with van der Waals surface area (Å²) >= 11 is 6.36. The predicted molar refractivity (Wildman–Crippen MR) is 138 cm³/mol. The predicted octanol–water partition coefficient (Wildman–Crippen LogP) is 4.58. The number of carbonyl (C=O) groups is 4. The Kier molecular flexibility index (Phi) is 8.41. The quantitative estimate of drug-likeness (QED) is 0.501. The largest absolute Gasteiger partial charge is 0.352 e. The van der Waals surface area contributed by atoms with Crippen molar-refractivity contribution in [3.8, 4) is 0 Å². The fraction of sp³-hybridized carbons (Fsp3) is 0.429. The van der Waals surface area contributed by atoms with Crippen LogP contribution in [0.3, 0.4) is 0 Å². The van der Waals surface area contributed by atoms with Gasteiger partial charge in [0, 0.05) is 30.6 Å². The minimum Gasteiger partial charge on any atom is -0.352 e. The van der Waals surface area contributed by atoms with Gasteiger partial charge in [-0.25, -0.2) is 0 Å². The fourth-order valence-corrected chi connectivity index (χ4v) is 5.13. The molecule has 0 bridgehead atoms. The van der Waals surface area contributed by atoms with Crippen LogP contribution >= 0.6 is 11.6 Å². The number of hydrogen-bond donors (Lipinski definition) is 1. The highest BCUT2D eigenvalue weighted by Gasteiger charge is 2.35. The third-order valence-corrected chi connectivity index (χ3v) is 7.44. The van der Waals surface area contributed by atoms with Crippen molar-refractivity contribution in [3.05, 3.63) is 70.2 Å². The summed E-state index contributed by atoms with van der Waals surface area (Å²) in [5, 5.41) is 3.64. The maximum absolute atomic E-state index is 13.4. The number of rotatable bonds is 9. The Labute approximate surface area is 216 Å². The summed E-state index contributed by atoms with van der Waals surface area (Å²) in [4.78, 5) is 54.4. The number of imide groups is 1. The van der Waals surface area contributed by atoms with Gasteiger partial charge in [-0.1, -0.05) is 61.2 Å². The van der Waals surface area contributed by atoms with Crippen LogP contribution in [-0.2, 0) is 16.1 Å². The first kappa shape index (κ1) is 25.9. The minimum absolute atomic E-state index is 0.0961. The van der Waals surface area contributed by atoms with Gasteiger partial charge < -0.3 is 10.2 Å². The molecule has 1 heterocycles. The van der Waals surface area contributed by atoms with Gasteiger partial charge in [-0.2, -0.15) is 0 Å². The van der Waals surface area contributed by atoms with E-state index in [0.29, 0.717) is 22.6 Å². The highest BCUT2D eigenvalue weighted by atomic mass is 35.5. The van der Waals surface area contributed by atoms with Gasteiger partial charge in [0.25, 0.3) is 11.8 Å². The van der Waals surface area contributed by atoms with Crippen molar-refractivity contribution in [2.24, 2.45) is 0 Å². The van der Waals surface area contributed by atoms with Gasteiger partial charge in [-0.05, 0) is 49.9 Å². The first-order chi connectivity index (χ1) is 17.4. The van der Waals surface area contributed by atoms with Gasteiger partial charge in [0.05, 0.1) is 11.1 Å². The van der Waals surface area contributed by atoms with E-state index in [0.717, 1.165) is 31.2 Å². The molecule has 0 aromatic heterocycles. The van der Waals surface area contributed by atoms with E-state index in [1.807, 2.05) is 18.2 Å². The third kappa shape index (κ3) is 5.78. The Hall–Kier alpha value is -3.19. The molecule has 2 aromatic carbocycles. The maximum atomic E-state index is 13.4. The lowest BCUT2D eigenvalue weighted by molar-refractivity contribution is -0.141. The molecule has 0 spiro atoms. The molecule has 8 heteroatoms. The number of benzene rings is 2. The molecule has 1 fully saturated rings. The Morgan fingerprint density at radius 2 is 1.61 bits per heavy atom. The SMILES string of the molecule is CC(C(=O)NC1CCCCC1)N(Cc1ccccc1Cl)C(=O)CCCN1C(=O)c2ccccc2C1=O. The lowest BCUT2D eigenvalue weighted by Gasteiger charge is -2.31. The van der Waals surface area contributed by atoms with Crippen molar-refractivity contribution in [2.75, 3.05) is 6.54 Å². The zero-order valence-electron chi connectivity index (χ0n) is 20.5. The summed E-state index contributed by atoms with van der Waals surface area (Å²) in [6, 6.07) is 13.4. The monoisotopic (exact) mass is 509 g/mol. The third-order valence-electron chi connectivity index (χ3n) is 7.07. The van der Waals surface area contributed by atoms with Crippen LogP contribution < -0.4 is 5.32 Å². The molecule has 1 unspecified atom stereocenters. The van der Waals surface area contributed by atoms with Crippen LogP contribution in [0.4, 0.5) is 0 Å². The van der Waals surface area contributed by atoms with Gasteiger partial charge >= 0.3 is 0 Å². The molecule has 0 saturated heterocycles. The Bertz CT molecular complexity index is 1110. The van der Waals surface area contributed by atoms with Crippen molar-refractivity contribution >= 4 is 35.2 Å². The number of amides is 4. The topological polar surface area (TPSA) is 86.8 Å². The van der Waals surface area contributed by atoms with E-state index >= 15 is 0 Å². The zero-order valence-corrected chi connectivity index (χ0v) is 21.3. The second-order valence-corrected chi connectivity index (χ2v) is 9.95. The Balaban J connectivity index is 1.41. The fourth-order valence-electron chi connectivity index (χ4n) is 4.94. The molecule has 2 aromatic rings. The molecule has 4 rings (SSSR count). The molecule has 1 N–H and O–H groups in total. The number of carbonyl (C=O) groups excluding carboxylic acids is 4. The molecule has 4 amide bonds. The molecule has 36 heavy (non-hydrogen) atoms. The van der Waals surface area contributed by atoms with E-state index < -0.39 is 6.04 Å². The lowest BCUT2D eigenvalue weighted by Crippen LogP contribution is -2.50. The highest BCUT2D eigenvalue weighted by molar-refractivity contribution is 6.31. The summed E-state index contributed by atoms with van der Waals surface area (Å²) < 4.78 is 0. The number of hydrogen-bond acceptors (Lipinski definition) is 4. The Morgan fingerprint density at radius 1 is 1.00 bits per heavy atom. The van der Waals surface area contributed by atoms with Crippen LogP contribution in [-0.4, -0.2) is 52.1 Å². The van der Waals surface area contributed by atoms with E-state index in [2.05, 4.69) is 5.32 Å². The molecular formula is C28H32ClN3O4. The standard InChI is InChI=1S/C28H32ClN3O4/c1-19(26(34)30-21-11-3-2-4-12-21)32(18-20-10-5-8-15-24(20)29)25(33)16-9-17-31-27(35)22-13-6-7-14-23(22)28(31)36/h5-8,10,13-15,19,21H,2-4,9,11-12,16-18H2,1H3,(H,30,34). The second-order valence-electron chi connectivity index (χ2n) is 9.54. The lowest BCUT2D eigenvalue weighted by atomic mass is 9.95. The summed E-state index contributed by atoms with van der Waals surface area (Å²) in [7, 11) is 0. The minimum atomic E-state index is -0.685. The summed E-state index contributed by atoms with van der Waals surface area (Å²) in [5.74, 6) is -1.08. The normalized spacial score (nSPS) is 16.6. The molecule has 190 valence electrons. The number of nitrogens with one attached hydrogen (secondary N) is 1. The maximum Gasteiger partial charge on any atom is 0.261 e. The number of nitrogens with zero attached hydrogens (tertiary/aromatic N) is 2. The van der Waals surface area contributed by atoms with Crippen LogP contribution in [0.1, 0.15) is 78.1 Å². The van der Waals surface area contributed by atoms with E-state index in [4.69, 9.17) is 11.6 Å². The second kappa shape index (κ2) is 11.7. The summed E-state index contributed by atoms with van der Waals surface area (Å²) in [6.45, 7) is 2.07. The number of fused-ring (bicyclic) bond motifs is 1. The van der Waals surface area contributed by atoms with Crippen molar-refractivity contribution < 1.29 is 19.2 Å². The first-order valence-corrected chi connectivity index (χ1v) is 13.0. The molecule has 1 aliphatic heterocycles. The first-order valence-electron chi connectivity index (χ1n) is 12.6. The van der Waals surface area contributed by atoms with E-state index in [-0.39, 0.29) is 49.2 Å². The van der Waals surface area contributed by atoms with Crippen molar-refractivity contribution in [1.29, 1.82) is 0 Å². The van der Waals surface area contributed by atoms with Gasteiger partial charge in [0.1, 0.15) is 6.04 Å². The molecule has 1 saturated carbocycles. The highest BCUT2D eigenvalue weighted by Crippen LogP contribution is 2.24. The summed E-state index contributed by atoms with van der Waals surface area (Å²) in [5.41, 5.74) is 1.54. The van der Waals surface area contributed by atoms with Crippen LogP contribution in [0.25, 0.3) is 0 Å². The van der Waals surface area contributed by atoms with Gasteiger partial charge in [0.15, 0.2) is 0 Å². The molecule has 1 atom stereocenters. The average Bonchev–Trinajstić information content (AvgIpc) is 3.13. The van der Waals surface area contributed by atoms with Crippen molar-refractivity contribution in [1.82, 2.24) is 15.1 Å². The van der Waals surface area contributed by atoms with Gasteiger partial charge in [0.2, 0.25) is 11.8 Å². The van der Waals surface area contributed by atoms with Crippen LogP contribution in [0.15, 0.2) is 48.5 Å². The van der Waals surface area contributed by atoms with Crippen LogP contribution in [0, 0.1) is 0 Å². The smallest absolute Gasteiger partial charge is 0.261 e. The van der Waals surface area contributed by atoms with Gasteiger partial charge in [-0.3, -0.25) is 24.1 Å². The van der Waals surface area contributed by atoms with Crippen molar-refractivity contribution in [3.63, 3.8) is 0 Å². The van der Waals surface area contributed by atoms with E-state index in [1.54, 1.807) is 42.2 Å². The van der Waals surface area contributed by atoms with E-state index in [9.17, 15) is 19.2 Å². The molecule has 0 radical (unpaired) electrons. The number of halogens is 1. The average molecular weight is 510 g/mol. The summed E-state index contributed by atoms with van der Waals surface area (Å²) in [6.07, 6.45) is 5.69. The van der Waals surface area contributed by atoms with Crippen LogP contribution in [0.5, 0.6) is 0 Å². The van der Waals surface area contributed by atoms with E-state index in [1.165, 1.54) is 11.3 Å². The van der Waals surface area contributed by atoms with Crippen LogP contribution in [0.2, 0.25) is 5.02 Å². The molecule has 1 aliphatic carbocycles. The molecule has 2 aliphatic rings. The zero-order chi connectivity index (χ0) is 25.7.